The van der Waals surface area contributed by atoms with Gasteiger partial charge in [0.1, 0.15) is 0 Å². The van der Waals surface area contributed by atoms with Crippen LogP contribution < -0.4 is 11.1 Å². The highest BCUT2D eigenvalue weighted by Crippen LogP contribution is 2.54. The highest BCUT2D eigenvalue weighted by Gasteiger charge is 2.48. The number of anilines is 2. The number of hydrogen-bond donors (Lipinski definition) is 2. The summed E-state index contributed by atoms with van der Waals surface area (Å²) in [5.74, 6) is 4.17. The van der Waals surface area contributed by atoms with Gasteiger partial charge in [0.25, 0.3) is 5.95 Å². The first-order valence-corrected chi connectivity index (χ1v) is 6.63. The van der Waals surface area contributed by atoms with Crippen molar-refractivity contribution in [3.05, 3.63) is 0 Å². The van der Waals surface area contributed by atoms with Crippen molar-refractivity contribution < 1.29 is 4.52 Å². The first-order valence-electron chi connectivity index (χ1n) is 6.63. The second-order valence-corrected chi connectivity index (χ2v) is 6.06. The fraction of sp³-hybridized carbons (Fsp3) is 0.833. The predicted molar refractivity (Wildman–Crippen MR) is 63.2 cm³/mol. The van der Waals surface area contributed by atoms with E-state index in [1.165, 1.54) is 32.1 Å². The summed E-state index contributed by atoms with van der Waals surface area (Å²) in [5, 5.41) is 7.29. The Balaban J connectivity index is 1.54. The van der Waals surface area contributed by atoms with Crippen LogP contribution in [0, 0.1) is 23.7 Å². The molecule has 0 saturated heterocycles. The molecule has 0 amide bonds. The highest BCUT2D eigenvalue weighted by molar-refractivity contribution is 5.30. The minimum absolute atomic E-state index is 0.149. The van der Waals surface area contributed by atoms with E-state index >= 15 is 0 Å². The molecule has 5 nitrogen and oxygen atoms in total. The lowest BCUT2D eigenvalue weighted by molar-refractivity contribution is 0.00723. The summed E-state index contributed by atoms with van der Waals surface area (Å²) < 4.78 is 4.81. The maximum atomic E-state index is 5.45. The fourth-order valence-corrected chi connectivity index (χ4v) is 4.60. The van der Waals surface area contributed by atoms with E-state index in [-0.39, 0.29) is 6.01 Å². The average molecular weight is 234 g/mol. The normalized spacial score (nSPS) is 42.9. The van der Waals surface area contributed by atoms with E-state index in [2.05, 4.69) is 15.5 Å². The van der Waals surface area contributed by atoms with Crippen molar-refractivity contribution in [2.75, 3.05) is 11.1 Å². The van der Waals surface area contributed by atoms with Crippen molar-refractivity contribution in [1.29, 1.82) is 0 Å². The van der Waals surface area contributed by atoms with E-state index in [0.717, 1.165) is 23.7 Å². The third-order valence-corrected chi connectivity index (χ3v) is 4.96. The Labute approximate surface area is 100 Å². The number of nitrogens with zero attached hydrogens (tertiary/aromatic N) is 2. The topological polar surface area (TPSA) is 77.0 Å². The molecule has 17 heavy (non-hydrogen) atoms. The molecule has 0 atom stereocenters. The van der Waals surface area contributed by atoms with Crippen molar-refractivity contribution in [2.24, 2.45) is 23.7 Å². The minimum atomic E-state index is 0.149. The third-order valence-electron chi connectivity index (χ3n) is 4.96. The summed E-state index contributed by atoms with van der Waals surface area (Å²) in [5.41, 5.74) is 5.45. The Bertz CT molecular complexity index is 402. The largest absolute Gasteiger partial charge is 0.351 e. The van der Waals surface area contributed by atoms with Gasteiger partial charge in [-0.25, -0.2) is 0 Å². The van der Waals surface area contributed by atoms with Gasteiger partial charge in [0, 0.05) is 6.04 Å². The zero-order valence-electron chi connectivity index (χ0n) is 9.80. The Morgan fingerprint density at radius 2 is 1.71 bits per heavy atom. The Morgan fingerprint density at radius 3 is 2.24 bits per heavy atom. The van der Waals surface area contributed by atoms with Gasteiger partial charge in [-0.3, -0.25) is 0 Å². The molecule has 0 spiro atoms. The first kappa shape index (κ1) is 9.74. The molecule has 1 aromatic heterocycles. The van der Waals surface area contributed by atoms with Gasteiger partial charge in [0.05, 0.1) is 0 Å². The molecule has 0 radical (unpaired) electrons. The fourth-order valence-electron chi connectivity index (χ4n) is 4.60. The van der Waals surface area contributed by atoms with Crippen molar-refractivity contribution in [1.82, 2.24) is 10.1 Å². The molecule has 4 fully saturated rings. The van der Waals surface area contributed by atoms with E-state index < -0.39 is 0 Å². The van der Waals surface area contributed by atoms with Gasteiger partial charge < -0.3 is 15.6 Å². The first-order chi connectivity index (χ1) is 8.28. The summed E-state index contributed by atoms with van der Waals surface area (Å²) in [6.45, 7) is 0. The number of nitrogens with two attached hydrogens (primary N) is 1. The van der Waals surface area contributed by atoms with Gasteiger partial charge >= 0.3 is 6.01 Å². The van der Waals surface area contributed by atoms with Gasteiger partial charge in [0.15, 0.2) is 0 Å². The Kier molecular flexibility index (Phi) is 1.93. The molecule has 4 saturated carbocycles. The zero-order valence-corrected chi connectivity index (χ0v) is 9.80. The summed E-state index contributed by atoms with van der Waals surface area (Å²) in [7, 11) is 0. The predicted octanol–water partition coefficient (Wildman–Crippen LogP) is 1.89. The van der Waals surface area contributed by atoms with Crippen LogP contribution in [-0.4, -0.2) is 16.2 Å². The van der Waals surface area contributed by atoms with Gasteiger partial charge in [-0.2, -0.15) is 4.98 Å². The Morgan fingerprint density at radius 1 is 1.06 bits per heavy atom. The lowest BCUT2D eigenvalue weighted by atomic mass is 9.54. The average Bonchev–Trinajstić information content (AvgIpc) is 2.68. The van der Waals surface area contributed by atoms with E-state index in [1.807, 2.05) is 0 Å². The molecule has 3 N–H and O–H groups in total. The number of nitrogens with one attached hydrogen (secondary N) is 1. The molecule has 0 aromatic carbocycles. The molecule has 92 valence electrons. The van der Waals surface area contributed by atoms with Crippen LogP contribution in [0.15, 0.2) is 4.52 Å². The van der Waals surface area contributed by atoms with Crippen molar-refractivity contribution in [3.8, 4) is 0 Å². The molecule has 4 aliphatic carbocycles. The monoisotopic (exact) mass is 234 g/mol. The lowest BCUT2D eigenvalue weighted by Crippen LogP contribution is -2.51. The molecule has 1 heterocycles. The number of hydrogen-bond acceptors (Lipinski definition) is 5. The van der Waals surface area contributed by atoms with Crippen LogP contribution in [0.4, 0.5) is 12.0 Å². The molecule has 4 bridgehead atoms. The van der Waals surface area contributed by atoms with Crippen LogP contribution in [0.2, 0.25) is 0 Å². The second kappa shape index (κ2) is 3.37. The summed E-state index contributed by atoms with van der Waals surface area (Å²) >= 11 is 0. The van der Waals surface area contributed by atoms with Crippen LogP contribution in [0.1, 0.15) is 32.1 Å². The van der Waals surface area contributed by atoms with E-state index in [4.69, 9.17) is 10.3 Å². The van der Waals surface area contributed by atoms with E-state index in [1.54, 1.807) is 0 Å². The molecule has 5 rings (SSSR count). The maximum Gasteiger partial charge on any atom is 0.320 e. The minimum Gasteiger partial charge on any atom is -0.351 e. The van der Waals surface area contributed by atoms with Gasteiger partial charge in [-0.05, 0) is 60.9 Å². The van der Waals surface area contributed by atoms with Crippen LogP contribution >= 0.6 is 0 Å². The van der Waals surface area contributed by atoms with Gasteiger partial charge in [0.2, 0.25) is 0 Å². The molecule has 0 aliphatic heterocycles. The molecule has 4 aliphatic rings. The van der Waals surface area contributed by atoms with Crippen LogP contribution in [0.25, 0.3) is 0 Å². The highest BCUT2D eigenvalue weighted by atomic mass is 16.5. The number of nitrogen functional groups attached to an aromatic ring is 1. The van der Waals surface area contributed by atoms with Crippen molar-refractivity contribution in [2.45, 2.75) is 38.1 Å². The smallest absolute Gasteiger partial charge is 0.320 e. The number of aromatic nitrogens is 2. The molecule has 5 heteroatoms. The Hall–Kier alpha value is -1.26. The SMILES string of the molecule is Nc1nc(NC2C3CC4CC(C3)CC2C4)no1. The van der Waals surface area contributed by atoms with Crippen molar-refractivity contribution in [3.63, 3.8) is 0 Å². The van der Waals surface area contributed by atoms with E-state index in [9.17, 15) is 0 Å². The molecular formula is C12H18N4O. The van der Waals surface area contributed by atoms with Crippen LogP contribution in [-0.2, 0) is 0 Å². The van der Waals surface area contributed by atoms with E-state index in [0.29, 0.717) is 12.0 Å². The second-order valence-electron chi connectivity index (χ2n) is 6.06. The zero-order chi connectivity index (χ0) is 11.4. The quantitative estimate of drug-likeness (QED) is 0.817. The van der Waals surface area contributed by atoms with Crippen molar-refractivity contribution >= 4 is 12.0 Å². The van der Waals surface area contributed by atoms with Crippen LogP contribution in [0.3, 0.4) is 0 Å². The standard InChI is InChI=1S/C12H18N4O/c13-11-15-12(16-17-11)14-10-8-2-6-1-7(4-8)5-9(10)3-6/h6-10H,1-5H2,(H3,13,14,15,16). The summed E-state index contributed by atoms with van der Waals surface area (Å²) in [6, 6.07) is 0.691. The van der Waals surface area contributed by atoms with Crippen LogP contribution in [0.5, 0.6) is 0 Å². The van der Waals surface area contributed by atoms with Gasteiger partial charge in [-0.15, -0.1) is 0 Å². The third kappa shape index (κ3) is 1.51. The summed E-state index contributed by atoms with van der Waals surface area (Å²) in [6.07, 6.45) is 7.03. The molecular weight excluding hydrogens is 216 g/mol. The van der Waals surface area contributed by atoms with Gasteiger partial charge in [-0.1, -0.05) is 0 Å². The summed E-state index contributed by atoms with van der Waals surface area (Å²) in [4.78, 5) is 4.05. The maximum absolute atomic E-state index is 5.45. The molecule has 1 aromatic rings. The number of rotatable bonds is 2. The molecule has 0 unspecified atom stereocenters. The lowest BCUT2D eigenvalue weighted by Gasteiger charge is -2.54.